The van der Waals surface area contributed by atoms with E-state index in [0.29, 0.717) is 55.2 Å². The Hall–Kier alpha value is -1.84. The van der Waals surface area contributed by atoms with Gasteiger partial charge in [-0.05, 0) is 41.8 Å². The Morgan fingerprint density at radius 3 is 2.19 bits per heavy atom. The van der Waals surface area contributed by atoms with Crippen LogP contribution >= 0.6 is 23.2 Å². The summed E-state index contributed by atoms with van der Waals surface area (Å²) >= 11 is 12.6. The summed E-state index contributed by atoms with van der Waals surface area (Å²) in [5.41, 5.74) is 3.59. The van der Waals surface area contributed by atoms with Gasteiger partial charge in [0, 0.05) is 57.8 Å². The van der Waals surface area contributed by atoms with Crippen LogP contribution in [0.1, 0.15) is 42.4 Å². The maximum absolute atomic E-state index is 13.5. The van der Waals surface area contributed by atoms with Gasteiger partial charge < -0.3 is 9.80 Å². The molecule has 2 fully saturated rings. The molecule has 0 saturated carbocycles. The minimum atomic E-state index is -3.25. The van der Waals surface area contributed by atoms with Crippen LogP contribution in [0.4, 0.5) is 4.79 Å². The van der Waals surface area contributed by atoms with Crippen molar-refractivity contribution in [1.29, 1.82) is 0 Å². The van der Waals surface area contributed by atoms with Crippen LogP contribution in [0.2, 0.25) is 10.0 Å². The SMILES string of the molecule is CC(C)c1ccc(CN(C)C2CN(C(=O)N3CCN(S(C)(=O)=O)CC3)CC2c2ccc(Cl)c(Cl)c2)cc1. The van der Waals surface area contributed by atoms with Gasteiger partial charge in [0.15, 0.2) is 0 Å². The van der Waals surface area contributed by atoms with Crippen LogP contribution in [-0.4, -0.2) is 92.1 Å². The number of sulfonamides is 1. The van der Waals surface area contributed by atoms with Crippen LogP contribution < -0.4 is 0 Å². The van der Waals surface area contributed by atoms with Crippen LogP contribution in [-0.2, 0) is 16.6 Å². The fourth-order valence-corrected chi connectivity index (χ4v) is 6.42. The number of hydrogen-bond donors (Lipinski definition) is 0. The normalized spacial score (nSPS) is 21.3. The second-order valence-electron chi connectivity index (χ2n) is 10.5. The molecular weight excluding hydrogens is 531 g/mol. The number of amides is 2. The lowest BCUT2D eigenvalue weighted by Gasteiger charge is -2.35. The Bertz CT molecular complexity index is 1210. The average molecular weight is 568 g/mol. The van der Waals surface area contributed by atoms with Crippen molar-refractivity contribution >= 4 is 39.3 Å². The number of carbonyl (C=O) groups excluding carboxylic acids is 1. The van der Waals surface area contributed by atoms with E-state index in [0.717, 1.165) is 12.1 Å². The molecule has 4 rings (SSSR count). The Morgan fingerprint density at radius 1 is 0.973 bits per heavy atom. The molecule has 202 valence electrons. The summed E-state index contributed by atoms with van der Waals surface area (Å²) in [7, 11) is -1.15. The summed E-state index contributed by atoms with van der Waals surface area (Å²) in [4.78, 5) is 19.5. The smallest absolute Gasteiger partial charge is 0.320 e. The molecule has 0 radical (unpaired) electrons. The van der Waals surface area contributed by atoms with Crippen LogP contribution in [0.25, 0.3) is 0 Å². The zero-order chi connectivity index (χ0) is 26.9. The summed E-state index contributed by atoms with van der Waals surface area (Å²) in [6.45, 7) is 7.71. The van der Waals surface area contributed by atoms with Crippen LogP contribution in [0.3, 0.4) is 0 Å². The van der Waals surface area contributed by atoms with Crippen molar-refractivity contribution in [3.8, 4) is 0 Å². The molecule has 2 unspecified atom stereocenters. The highest BCUT2D eigenvalue weighted by Crippen LogP contribution is 2.35. The van der Waals surface area contributed by atoms with Crippen molar-refractivity contribution < 1.29 is 13.2 Å². The average Bonchev–Trinajstić information content (AvgIpc) is 3.31. The lowest BCUT2D eigenvalue weighted by atomic mass is 9.93. The maximum Gasteiger partial charge on any atom is 0.320 e. The molecule has 0 N–H and O–H groups in total. The molecule has 0 aromatic heterocycles. The fourth-order valence-electron chi connectivity index (χ4n) is 5.28. The summed E-state index contributed by atoms with van der Waals surface area (Å²) in [6.07, 6.45) is 1.21. The summed E-state index contributed by atoms with van der Waals surface area (Å²) in [5, 5.41) is 1.02. The number of piperazine rings is 1. The quantitative estimate of drug-likeness (QED) is 0.507. The summed E-state index contributed by atoms with van der Waals surface area (Å²) in [6, 6.07) is 14.5. The van der Waals surface area contributed by atoms with Crippen molar-refractivity contribution in [2.75, 3.05) is 52.6 Å². The highest BCUT2D eigenvalue weighted by Gasteiger charge is 2.40. The van der Waals surface area contributed by atoms with E-state index in [2.05, 4.69) is 50.1 Å². The lowest BCUT2D eigenvalue weighted by molar-refractivity contribution is 0.138. The van der Waals surface area contributed by atoms with E-state index in [1.165, 1.54) is 21.7 Å². The van der Waals surface area contributed by atoms with Gasteiger partial charge >= 0.3 is 6.03 Å². The molecule has 0 spiro atoms. The van der Waals surface area contributed by atoms with E-state index in [-0.39, 0.29) is 18.0 Å². The zero-order valence-corrected chi connectivity index (χ0v) is 24.2. The number of likely N-dealkylation sites (tertiary alicyclic amines) is 1. The minimum Gasteiger partial charge on any atom is -0.322 e. The predicted octanol–water partition coefficient (Wildman–Crippen LogP) is 4.71. The van der Waals surface area contributed by atoms with Crippen molar-refractivity contribution in [2.24, 2.45) is 0 Å². The highest BCUT2D eigenvalue weighted by molar-refractivity contribution is 7.88. The molecule has 0 bridgehead atoms. The Balaban J connectivity index is 1.52. The number of rotatable bonds is 6. The molecule has 2 saturated heterocycles. The number of nitrogens with zero attached hydrogens (tertiary/aromatic N) is 4. The second kappa shape index (κ2) is 11.5. The zero-order valence-electron chi connectivity index (χ0n) is 21.9. The van der Waals surface area contributed by atoms with Crippen LogP contribution in [0, 0.1) is 0 Å². The molecule has 2 aromatic carbocycles. The van der Waals surface area contributed by atoms with Gasteiger partial charge in [-0.25, -0.2) is 13.2 Å². The largest absolute Gasteiger partial charge is 0.322 e. The summed E-state index contributed by atoms with van der Waals surface area (Å²) in [5.74, 6) is 0.551. The van der Waals surface area contributed by atoms with Crippen molar-refractivity contribution in [2.45, 2.75) is 38.3 Å². The van der Waals surface area contributed by atoms with Crippen molar-refractivity contribution in [3.63, 3.8) is 0 Å². The first-order valence-corrected chi connectivity index (χ1v) is 15.3. The molecule has 0 aliphatic carbocycles. The van der Waals surface area contributed by atoms with Gasteiger partial charge in [0.1, 0.15) is 0 Å². The van der Waals surface area contributed by atoms with E-state index < -0.39 is 10.0 Å². The lowest BCUT2D eigenvalue weighted by Crippen LogP contribution is -2.53. The first-order chi connectivity index (χ1) is 17.4. The molecular formula is C27H36Cl2N4O3S. The molecule has 2 heterocycles. The second-order valence-corrected chi connectivity index (χ2v) is 13.3. The standard InChI is InChI=1S/C27H36Cl2N4O3S/c1-19(2)21-7-5-20(6-8-21)16-30(3)26-18-32(17-23(26)22-9-10-24(28)25(29)15-22)27(34)31-11-13-33(14-12-31)37(4,35)36/h5-10,15,19,23,26H,11-14,16-18H2,1-4H3. The number of benzene rings is 2. The topological polar surface area (TPSA) is 64.2 Å². The first-order valence-electron chi connectivity index (χ1n) is 12.7. The molecule has 2 atom stereocenters. The molecule has 7 nitrogen and oxygen atoms in total. The number of carbonyl (C=O) groups is 1. The number of hydrogen-bond acceptors (Lipinski definition) is 4. The third-order valence-electron chi connectivity index (χ3n) is 7.55. The Morgan fingerprint density at radius 2 is 1.62 bits per heavy atom. The van der Waals surface area contributed by atoms with E-state index in [9.17, 15) is 13.2 Å². The third kappa shape index (κ3) is 6.60. The van der Waals surface area contributed by atoms with Crippen molar-refractivity contribution in [1.82, 2.24) is 19.0 Å². The predicted molar refractivity (Wildman–Crippen MR) is 150 cm³/mol. The molecule has 10 heteroatoms. The number of halogens is 2. The van der Waals surface area contributed by atoms with Gasteiger partial charge in [-0.1, -0.05) is 67.4 Å². The first kappa shape index (κ1) is 28.2. The molecule has 2 aromatic rings. The Kier molecular flexibility index (Phi) is 8.75. The molecule has 2 aliphatic heterocycles. The van der Waals surface area contributed by atoms with E-state index in [1.54, 1.807) is 4.90 Å². The van der Waals surface area contributed by atoms with Gasteiger partial charge in [-0.3, -0.25) is 4.90 Å². The van der Waals surface area contributed by atoms with E-state index >= 15 is 0 Å². The van der Waals surface area contributed by atoms with Gasteiger partial charge in [-0.2, -0.15) is 4.31 Å². The van der Waals surface area contributed by atoms with Crippen molar-refractivity contribution in [3.05, 3.63) is 69.2 Å². The molecule has 2 aliphatic rings. The summed E-state index contributed by atoms with van der Waals surface area (Å²) < 4.78 is 25.2. The maximum atomic E-state index is 13.5. The number of urea groups is 1. The molecule has 2 amide bonds. The van der Waals surface area contributed by atoms with Crippen LogP contribution in [0.5, 0.6) is 0 Å². The van der Waals surface area contributed by atoms with Gasteiger partial charge in [0.25, 0.3) is 0 Å². The van der Waals surface area contributed by atoms with Gasteiger partial charge in [-0.15, -0.1) is 0 Å². The Labute approximate surface area is 231 Å². The monoisotopic (exact) mass is 566 g/mol. The molecule has 37 heavy (non-hydrogen) atoms. The number of likely N-dealkylation sites (N-methyl/N-ethyl adjacent to an activating group) is 1. The van der Waals surface area contributed by atoms with Gasteiger partial charge in [0.2, 0.25) is 10.0 Å². The van der Waals surface area contributed by atoms with E-state index in [4.69, 9.17) is 23.2 Å². The van der Waals surface area contributed by atoms with Crippen LogP contribution in [0.15, 0.2) is 42.5 Å². The highest BCUT2D eigenvalue weighted by atomic mass is 35.5. The van der Waals surface area contributed by atoms with E-state index in [1.807, 2.05) is 23.1 Å². The minimum absolute atomic E-state index is 0.0459. The third-order valence-corrected chi connectivity index (χ3v) is 9.60. The van der Waals surface area contributed by atoms with Gasteiger partial charge in [0.05, 0.1) is 16.3 Å². The fraction of sp³-hybridized carbons (Fsp3) is 0.519.